The summed E-state index contributed by atoms with van der Waals surface area (Å²) in [6.45, 7) is 0. The zero-order chi connectivity index (χ0) is 0. The van der Waals surface area contributed by atoms with Crippen molar-refractivity contribution in [2.24, 2.45) is 0 Å². The molecule has 0 aromatic rings. The first-order valence-electron chi connectivity index (χ1n) is 0. The van der Waals surface area contributed by atoms with Gasteiger partial charge >= 0.3 is 0 Å². The fourth-order valence-electron chi connectivity index (χ4n) is 0. The van der Waals surface area contributed by atoms with E-state index in [1.54, 1.807) is 0 Å². The third-order valence-corrected chi connectivity index (χ3v) is 0. The molecule has 4 N–H and O–H groups in total. The van der Waals surface area contributed by atoms with E-state index in [2.05, 4.69) is 0 Å². The third-order valence-electron chi connectivity index (χ3n) is 0. The first-order valence-corrected chi connectivity index (χ1v) is 0. The van der Waals surface area contributed by atoms with E-state index in [1.165, 1.54) is 0 Å². The molecule has 0 aromatic carbocycles. The molecular formula is H5ClFMoN. The molecule has 0 saturated carbocycles. The molecule has 0 aliphatic heterocycles. The van der Waals surface area contributed by atoms with Gasteiger partial charge in [0.1, 0.15) is 0 Å². The molecule has 0 saturated heterocycles. The molecule has 0 aliphatic carbocycles. The molecule has 0 fully saturated rings. The van der Waals surface area contributed by atoms with Gasteiger partial charge in [0.15, 0.2) is 0 Å². The maximum absolute atomic E-state index is 0. The van der Waals surface area contributed by atoms with Gasteiger partial charge in [0.2, 0.25) is 0 Å². The van der Waals surface area contributed by atoms with Crippen LogP contribution in [0.4, 0.5) is 0 Å². The second-order valence-electron chi connectivity index (χ2n) is 0. The average molecular weight is 169 g/mol. The number of quaternary nitrogens is 1. The molecule has 0 aliphatic rings. The molecule has 0 radical (unpaired) electrons. The van der Waals surface area contributed by atoms with Crippen LogP contribution in [0.3, 0.4) is 0 Å². The van der Waals surface area contributed by atoms with Gasteiger partial charge in [-0.15, -0.1) is 12.4 Å². The van der Waals surface area contributed by atoms with E-state index in [1.807, 2.05) is 0 Å². The van der Waals surface area contributed by atoms with E-state index in [-0.39, 0.29) is 44.3 Å². The van der Waals surface area contributed by atoms with Crippen molar-refractivity contribution >= 4 is 12.4 Å². The van der Waals surface area contributed by atoms with Crippen molar-refractivity contribution in [1.29, 1.82) is 0 Å². The van der Waals surface area contributed by atoms with Crippen LogP contribution in [0.2, 0.25) is 0 Å². The quantitative estimate of drug-likeness (QED) is 0.400. The van der Waals surface area contributed by atoms with Crippen LogP contribution in [-0.4, -0.2) is 0 Å². The molecule has 0 heterocycles. The SMILES string of the molecule is Cl.[F-].[Mo].[NH4+]. The monoisotopic (exact) mass is 171 g/mol. The Morgan fingerprint density at radius 2 is 1.00 bits per heavy atom. The van der Waals surface area contributed by atoms with Gasteiger partial charge in [-0.25, -0.2) is 0 Å². The smallest absolute Gasteiger partial charge is 0 e. The summed E-state index contributed by atoms with van der Waals surface area (Å²) in [7, 11) is 0. The molecule has 0 atom stereocenters. The summed E-state index contributed by atoms with van der Waals surface area (Å²) in [5.74, 6) is 0. The van der Waals surface area contributed by atoms with Crippen LogP contribution >= 0.6 is 12.4 Å². The molecule has 0 bridgehead atoms. The van der Waals surface area contributed by atoms with Crippen LogP contribution in [0.15, 0.2) is 0 Å². The number of hydrogen-bond acceptors (Lipinski definition) is 0. The minimum absolute atomic E-state index is 0. The van der Waals surface area contributed by atoms with Gasteiger partial charge in [-0.1, -0.05) is 0 Å². The summed E-state index contributed by atoms with van der Waals surface area (Å²) in [6.07, 6.45) is 0. The Hall–Kier alpha value is 0.868. The number of halogens is 2. The Kier molecular flexibility index (Phi) is 1020. The van der Waals surface area contributed by atoms with Crippen molar-refractivity contribution in [3.05, 3.63) is 0 Å². The molecule has 4 heteroatoms. The summed E-state index contributed by atoms with van der Waals surface area (Å²) < 4.78 is 0. The topological polar surface area (TPSA) is 36.5 Å². The molecule has 0 amide bonds. The van der Waals surface area contributed by atoms with Crippen molar-refractivity contribution < 1.29 is 25.8 Å². The Morgan fingerprint density at radius 1 is 1.00 bits per heavy atom. The van der Waals surface area contributed by atoms with Crippen molar-refractivity contribution in [2.75, 3.05) is 0 Å². The van der Waals surface area contributed by atoms with Gasteiger partial charge in [-0.05, 0) is 0 Å². The van der Waals surface area contributed by atoms with Gasteiger partial charge in [0.25, 0.3) is 0 Å². The van der Waals surface area contributed by atoms with Crippen LogP contribution < -0.4 is 10.9 Å². The zero-order valence-corrected chi connectivity index (χ0v) is 5.02. The Morgan fingerprint density at radius 3 is 1.00 bits per heavy atom. The van der Waals surface area contributed by atoms with Crippen molar-refractivity contribution in [3.8, 4) is 0 Å². The van der Waals surface area contributed by atoms with Gasteiger partial charge in [0, 0.05) is 21.1 Å². The molecular weight excluding hydrogens is 164 g/mol. The Labute approximate surface area is 44.8 Å². The molecule has 0 spiro atoms. The van der Waals surface area contributed by atoms with Crippen molar-refractivity contribution in [2.45, 2.75) is 0 Å². The standard InChI is InChI=1S/ClH.FH.Mo.H3N/h2*1H;;1H3. The first-order chi connectivity index (χ1) is 0. The van der Waals surface area contributed by atoms with Crippen LogP contribution in [0, 0.1) is 0 Å². The summed E-state index contributed by atoms with van der Waals surface area (Å²) in [4.78, 5) is 0. The minimum Gasteiger partial charge on any atom is -1.00 e. The third kappa shape index (κ3) is 13.3. The van der Waals surface area contributed by atoms with Crippen LogP contribution in [0.1, 0.15) is 0 Å². The van der Waals surface area contributed by atoms with E-state index in [0.29, 0.717) is 0 Å². The molecule has 0 rings (SSSR count). The van der Waals surface area contributed by atoms with Crippen LogP contribution in [-0.2, 0) is 21.1 Å². The van der Waals surface area contributed by atoms with Gasteiger partial charge < -0.3 is 10.9 Å². The zero-order valence-electron chi connectivity index (χ0n) is 2.19. The fraction of sp³-hybridized carbons (Fsp3) is 0. The van der Waals surface area contributed by atoms with E-state index in [0.717, 1.165) is 0 Å². The number of rotatable bonds is 0. The Balaban J connectivity index is 0. The van der Waals surface area contributed by atoms with E-state index >= 15 is 0 Å². The second kappa shape index (κ2) is 42.2. The average Bonchev–Trinajstić information content (AvgIpc) is 0. The molecule has 1 nitrogen and oxygen atoms in total. The van der Waals surface area contributed by atoms with E-state index in [4.69, 9.17) is 0 Å². The van der Waals surface area contributed by atoms with E-state index in [9.17, 15) is 0 Å². The fourth-order valence-corrected chi connectivity index (χ4v) is 0. The van der Waals surface area contributed by atoms with Gasteiger partial charge in [0.05, 0.1) is 0 Å². The molecule has 0 unspecified atom stereocenters. The van der Waals surface area contributed by atoms with E-state index < -0.39 is 0 Å². The minimum atomic E-state index is 0. The second-order valence-corrected chi connectivity index (χ2v) is 0. The molecule has 30 valence electrons. The predicted octanol–water partition coefficient (Wildman–Crippen LogP) is -2.20. The maximum Gasteiger partial charge on any atom is 0 e. The van der Waals surface area contributed by atoms with Gasteiger partial charge in [-0.3, -0.25) is 0 Å². The van der Waals surface area contributed by atoms with Crippen LogP contribution in [0.25, 0.3) is 0 Å². The first kappa shape index (κ1) is 96.6. The maximum atomic E-state index is 0. The normalized spacial score (nSPS) is 0. The summed E-state index contributed by atoms with van der Waals surface area (Å²) in [5, 5.41) is 0. The molecule has 4 heavy (non-hydrogen) atoms. The van der Waals surface area contributed by atoms with Crippen LogP contribution in [0.5, 0.6) is 0 Å². The van der Waals surface area contributed by atoms with Crippen molar-refractivity contribution in [3.63, 3.8) is 0 Å². The summed E-state index contributed by atoms with van der Waals surface area (Å²) in [5.41, 5.74) is 0. The number of hydrogen-bond donors (Lipinski definition) is 1. The largest absolute Gasteiger partial charge is 1.00 e. The summed E-state index contributed by atoms with van der Waals surface area (Å²) in [6, 6.07) is 0. The van der Waals surface area contributed by atoms with Gasteiger partial charge in [-0.2, -0.15) is 0 Å². The predicted molar refractivity (Wildman–Crippen MR) is 13.2 cm³/mol. The van der Waals surface area contributed by atoms with Crippen molar-refractivity contribution in [1.82, 2.24) is 6.15 Å². The summed E-state index contributed by atoms with van der Waals surface area (Å²) >= 11 is 0. The Bertz CT molecular complexity index is 8.00. The molecule has 0 aromatic heterocycles.